The molecule has 2 heterocycles. The highest BCUT2D eigenvalue weighted by atomic mass is 127. The van der Waals surface area contributed by atoms with Crippen LogP contribution in [0.25, 0.3) is 0 Å². The van der Waals surface area contributed by atoms with Crippen LogP contribution in [0.15, 0.2) is 29.3 Å². The minimum Gasteiger partial charge on any atom is -0.497 e. The van der Waals surface area contributed by atoms with Crippen molar-refractivity contribution in [1.29, 1.82) is 0 Å². The summed E-state index contributed by atoms with van der Waals surface area (Å²) < 4.78 is 10.7. The second-order valence-electron chi connectivity index (χ2n) is 7.54. The first-order valence-electron chi connectivity index (χ1n) is 11.0. The molecule has 2 fully saturated rings. The number of aliphatic imine (C=N–C) groups is 1. The number of carbonyl (C=O) groups excluding carboxylic acids is 2. The number of rotatable bonds is 7. The van der Waals surface area contributed by atoms with Crippen LogP contribution >= 0.6 is 24.0 Å². The van der Waals surface area contributed by atoms with Crippen molar-refractivity contribution in [3.05, 3.63) is 29.8 Å². The van der Waals surface area contributed by atoms with E-state index in [9.17, 15) is 9.59 Å². The zero-order valence-electron chi connectivity index (χ0n) is 18.8. The molecule has 2 aliphatic heterocycles. The normalized spacial score (nSPS) is 18.7. The molecule has 0 bridgehead atoms. The third kappa shape index (κ3) is 7.22. The number of hydrogen-bond donors (Lipinski definition) is 2. The summed E-state index contributed by atoms with van der Waals surface area (Å²) in [6.07, 6.45) is 1.52. The number of amides is 2. The fourth-order valence-electron chi connectivity index (χ4n) is 3.74. The third-order valence-electron chi connectivity index (χ3n) is 5.42. The van der Waals surface area contributed by atoms with Crippen molar-refractivity contribution in [2.24, 2.45) is 4.99 Å². The summed E-state index contributed by atoms with van der Waals surface area (Å²) in [6.45, 7) is 7.13. The van der Waals surface area contributed by atoms with Crippen molar-refractivity contribution in [1.82, 2.24) is 20.4 Å². The summed E-state index contributed by atoms with van der Waals surface area (Å²) in [5.74, 6) is 1.42. The molecule has 2 saturated heterocycles. The summed E-state index contributed by atoms with van der Waals surface area (Å²) in [7, 11) is 1.58. The topological polar surface area (TPSA) is 95.5 Å². The van der Waals surface area contributed by atoms with E-state index in [2.05, 4.69) is 20.5 Å². The Morgan fingerprint density at radius 2 is 1.94 bits per heavy atom. The van der Waals surface area contributed by atoms with Crippen LogP contribution in [0.3, 0.4) is 0 Å². The predicted molar refractivity (Wildman–Crippen MR) is 134 cm³/mol. The molecule has 0 saturated carbocycles. The van der Waals surface area contributed by atoms with Crippen molar-refractivity contribution in [3.8, 4) is 5.75 Å². The average molecular weight is 559 g/mol. The Hall–Kier alpha value is -2.08. The fourth-order valence-corrected chi connectivity index (χ4v) is 3.74. The molecule has 2 N–H and O–H groups in total. The van der Waals surface area contributed by atoms with E-state index in [0.717, 1.165) is 38.4 Å². The van der Waals surface area contributed by atoms with Crippen LogP contribution in [0, 0.1) is 0 Å². The Balaban J connectivity index is 0.00000363. The zero-order valence-corrected chi connectivity index (χ0v) is 21.2. The number of ether oxygens (including phenoxy) is 2. The second-order valence-corrected chi connectivity index (χ2v) is 7.54. The molecule has 2 aliphatic rings. The van der Waals surface area contributed by atoms with Crippen LogP contribution in [-0.2, 0) is 9.53 Å². The van der Waals surface area contributed by atoms with Gasteiger partial charge in [0.15, 0.2) is 5.96 Å². The van der Waals surface area contributed by atoms with E-state index in [1.165, 1.54) is 0 Å². The molecule has 10 heteroatoms. The fraction of sp³-hybridized carbons (Fsp3) is 0.591. The highest BCUT2D eigenvalue weighted by Gasteiger charge is 2.30. The summed E-state index contributed by atoms with van der Waals surface area (Å²) in [5, 5.41) is 6.19. The number of carbonyl (C=O) groups is 2. The van der Waals surface area contributed by atoms with Crippen molar-refractivity contribution in [2.45, 2.75) is 25.9 Å². The minimum absolute atomic E-state index is 0. The van der Waals surface area contributed by atoms with Crippen molar-refractivity contribution >= 4 is 41.8 Å². The lowest BCUT2D eigenvalue weighted by atomic mass is 10.2. The highest BCUT2D eigenvalue weighted by Crippen LogP contribution is 2.16. The van der Waals surface area contributed by atoms with Crippen molar-refractivity contribution in [3.63, 3.8) is 0 Å². The van der Waals surface area contributed by atoms with E-state index < -0.39 is 0 Å². The molecule has 0 aliphatic carbocycles. The first-order valence-corrected chi connectivity index (χ1v) is 11.0. The van der Waals surface area contributed by atoms with Crippen molar-refractivity contribution < 1.29 is 19.1 Å². The van der Waals surface area contributed by atoms with Gasteiger partial charge in [0.25, 0.3) is 11.8 Å². The van der Waals surface area contributed by atoms with Gasteiger partial charge in [-0.05, 0) is 38.0 Å². The number of hydrogen-bond acceptors (Lipinski definition) is 5. The molecular formula is C22H34IN5O4. The van der Waals surface area contributed by atoms with Gasteiger partial charge in [0.05, 0.1) is 13.7 Å². The van der Waals surface area contributed by atoms with Gasteiger partial charge < -0.3 is 29.9 Å². The standard InChI is InChI=1S/C22H33N5O4.HI/c1-3-23-22(25-10-9-24-20(28)17-6-4-7-18(16-17)30-2)27-13-11-26(12-14-27)21(29)19-8-5-15-31-19;/h4,6-7,16,19H,3,5,8-15H2,1-2H3,(H,23,25)(H,24,28);1H. The molecule has 0 radical (unpaired) electrons. The maximum Gasteiger partial charge on any atom is 0.251 e. The zero-order chi connectivity index (χ0) is 22.1. The number of piperazine rings is 1. The molecule has 1 atom stereocenters. The largest absolute Gasteiger partial charge is 0.497 e. The molecule has 1 aromatic rings. The Kier molecular flexibility index (Phi) is 11.0. The van der Waals surface area contributed by atoms with Gasteiger partial charge in [0, 0.05) is 51.4 Å². The molecule has 1 aromatic carbocycles. The Morgan fingerprint density at radius 3 is 2.59 bits per heavy atom. The van der Waals surface area contributed by atoms with Gasteiger partial charge in [0.1, 0.15) is 11.9 Å². The molecule has 178 valence electrons. The second kappa shape index (κ2) is 13.5. The van der Waals surface area contributed by atoms with E-state index >= 15 is 0 Å². The van der Waals surface area contributed by atoms with Crippen LogP contribution in [0.1, 0.15) is 30.1 Å². The van der Waals surface area contributed by atoms with Gasteiger partial charge in [0.2, 0.25) is 0 Å². The van der Waals surface area contributed by atoms with Gasteiger partial charge in [-0.1, -0.05) is 6.07 Å². The van der Waals surface area contributed by atoms with Crippen LogP contribution in [0.5, 0.6) is 5.75 Å². The smallest absolute Gasteiger partial charge is 0.251 e. The molecule has 2 amide bonds. The Bertz CT molecular complexity index is 777. The summed E-state index contributed by atoms with van der Waals surface area (Å²) in [5.41, 5.74) is 0.558. The Labute approximate surface area is 206 Å². The molecule has 32 heavy (non-hydrogen) atoms. The molecule has 9 nitrogen and oxygen atoms in total. The number of nitrogens with one attached hydrogen (secondary N) is 2. The number of methoxy groups -OCH3 is 1. The third-order valence-corrected chi connectivity index (χ3v) is 5.42. The van der Waals surface area contributed by atoms with E-state index in [-0.39, 0.29) is 41.9 Å². The summed E-state index contributed by atoms with van der Waals surface area (Å²) >= 11 is 0. The molecule has 0 aromatic heterocycles. The molecule has 1 unspecified atom stereocenters. The quantitative estimate of drug-likeness (QED) is 0.227. The van der Waals surface area contributed by atoms with Crippen LogP contribution in [-0.4, -0.2) is 93.2 Å². The highest BCUT2D eigenvalue weighted by molar-refractivity contribution is 14.0. The number of nitrogens with zero attached hydrogens (tertiary/aromatic N) is 3. The van der Waals surface area contributed by atoms with E-state index in [1.54, 1.807) is 31.4 Å². The number of guanidine groups is 1. The lowest BCUT2D eigenvalue weighted by molar-refractivity contribution is -0.142. The van der Waals surface area contributed by atoms with Gasteiger partial charge in [-0.25, -0.2) is 0 Å². The number of halogens is 1. The maximum absolute atomic E-state index is 12.5. The van der Waals surface area contributed by atoms with Gasteiger partial charge in [-0.2, -0.15) is 0 Å². The molecular weight excluding hydrogens is 525 g/mol. The van der Waals surface area contributed by atoms with Gasteiger partial charge in [-0.15, -0.1) is 24.0 Å². The minimum atomic E-state index is -0.262. The summed E-state index contributed by atoms with van der Waals surface area (Å²) in [4.78, 5) is 33.5. The van der Waals surface area contributed by atoms with Gasteiger partial charge in [-0.3, -0.25) is 14.6 Å². The Morgan fingerprint density at radius 1 is 1.19 bits per heavy atom. The molecule has 0 spiro atoms. The van der Waals surface area contributed by atoms with E-state index in [0.29, 0.717) is 44.1 Å². The van der Waals surface area contributed by atoms with Crippen molar-refractivity contribution in [2.75, 3.05) is 59.5 Å². The lowest BCUT2D eigenvalue weighted by Gasteiger charge is -2.37. The monoisotopic (exact) mass is 559 g/mol. The lowest BCUT2D eigenvalue weighted by Crippen LogP contribution is -2.55. The SMILES string of the molecule is CCNC(=NCCNC(=O)c1cccc(OC)c1)N1CCN(C(=O)C2CCCO2)CC1.I. The van der Waals surface area contributed by atoms with E-state index in [1.807, 2.05) is 11.8 Å². The van der Waals surface area contributed by atoms with Crippen LogP contribution in [0.4, 0.5) is 0 Å². The predicted octanol–water partition coefficient (Wildman–Crippen LogP) is 1.33. The molecule has 3 rings (SSSR count). The average Bonchev–Trinajstić information content (AvgIpc) is 3.35. The van der Waals surface area contributed by atoms with E-state index in [4.69, 9.17) is 9.47 Å². The maximum atomic E-state index is 12.5. The first-order chi connectivity index (χ1) is 15.1. The summed E-state index contributed by atoms with van der Waals surface area (Å²) in [6, 6.07) is 7.05. The van der Waals surface area contributed by atoms with Gasteiger partial charge >= 0.3 is 0 Å². The first kappa shape index (κ1) is 26.2. The van der Waals surface area contributed by atoms with Crippen LogP contribution in [0.2, 0.25) is 0 Å². The number of benzene rings is 1. The van der Waals surface area contributed by atoms with Crippen LogP contribution < -0.4 is 15.4 Å².